The number of nitrogens with one attached hydrogen (secondary N) is 1. The van der Waals surface area contributed by atoms with Crippen LogP contribution >= 0.6 is 11.8 Å². The molecule has 2 rings (SSSR count). The molecule has 0 spiro atoms. The molecular weight excluding hydrogens is 234 g/mol. The third kappa shape index (κ3) is 3.44. The van der Waals surface area contributed by atoms with Gasteiger partial charge in [0.05, 0.1) is 5.69 Å². The number of nitrogens with zero attached hydrogens (tertiary/aromatic N) is 1. The summed E-state index contributed by atoms with van der Waals surface area (Å²) in [5.74, 6) is 2.97. The number of pyridine rings is 1. The summed E-state index contributed by atoms with van der Waals surface area (Å²) in [4.78, 5) is 16.0. The van der Waals surface area contributed by atoms with Gasteiger partial charge in [-0.2, -0.15) is 11.8 Å². The number of rotatable bonds is 4. The van der Waals surface area contributed by atoms with E-state index in [0.29, 0.717) is 18.0 Å². The molecular formula is C12H17N3OS. The number of thioether (sulfide) groups is 1. The monoisotopic (exact) mass is 251 g/mol. The Morgan fingerprint density at radius 3 is 3.24 bits per heavy atom. The summed E-state index contributed by atoms with van der Waals surface area (Å²) in [5, 5.41) is 2.97. The van der Waals surface area contributed by atoms with Gasteiger partial charge in [0.2, 0.25) is 0 Å². The van der Waals surface area contributed by atoms with E-state index in [-0.39, 0.29) is 5.91 Å². The average molecular weight is 251 g/mol. The van der Waals surface area contributed by atoms with Gasteiger partial charge >= 0.3 is 0 Å². The molecule has 0 aliphatic carbocycles. The van der Waals surface area contributed by atoms with Crippen molar-refractivity contribution in [2.24, 2.45) is 11.7 Å². The van der Waals surface area contributed by atoms with Gasteiger partial charge in [-0.05, 0) is 36.0 Å². The van der Waals surface area contributed by atoms with Crippen LogP contribution in [-0.4, -0.2) is 28.9 Å². The summed E-state index contributed by atoms with van der Waals surface area (Å²) in [7, 11) is 0. The lowest BCUT2D eigenvalue weighted by molar-refractivity contribution is 0.0948. The van der Waals surface area contributed by atoms with Crippen molar-refractivity contribution in [1.82, 2.24) is 10.3 Å². The molecule has 3 N–H and O–H groups in total. The number of nitrogens with two attached hydrogens (primary N) is 1. The highest BCUT2D eigenvalue weighted by Crippen LogP contribution is 2.22. The molecule has 1 aromatic heterocycles. The molecule has 1 fully saturated rings. The van der Waals surface area contributed by atoms with E-state index in [1.807, 2.05) is 11.8 Å². The first kappa shape index (κ1) is 12.4. The zero-order chi connectivity index (χ0) is 12.1. The molecule has 2 heterocycles. The van der Waals surface area contributed by atoms with Crippen LogP contribution in [-0.2, 0) is 6.54 Å². The van der Waals surface area contributed by atoms with Gasteiger partial charge in [-0.3, -0.25) is 9.78 Å². The third-order valence-electron chi connectivity index (χ3n) is 2.86. The molecule has 1 aliphatic heterocycles. The van der Waals surface area contributed by atoms with Crippen LogP contribution < -0.4 is 11.1 Å². The molecule has 1 aromatic rings. The fraction of sp³-hybridized carbons (Fsp3) is 0.500. The lowest BCUT2D eigenvalue weighted by Crippen LogP contribution is -2.29. The van der Waals surface area contributed by atoms with Gasteiger partial charge in [0, 0.05) is 24.8 Å². The number of hydrogen-bond donors (Lipinski definition) is 2. The van der Waals surface area contributed by atoms with Gasteiger partial charge in [0.1, 0.15) is 0 Å². The number of carbonyl (C=O) groups excluding carboxylic acids is 1. The van der Waals surface area contributed by atoms with E-state index in [1.54, 1.807) is 18.3 Å². The first-order valence-corrected chi connectivity index (χ1v) is 6.96. The van der Waals surface area contributed by atoms with Crippen molar-refractivity contribution >= 4 is 17.7 Å². The van der Waals surface area contributed by atoms with Gasteiger partial charge in [-0.15, -0.1) is 0 Å². The van der Waals surface area contributed by atoms with Gasteiger partial charge in [0.15, 0.2) is 0 Å². The van der Waals surface area contributed by atoms with Crippen molar-refractivity contribution < 1.29 is 4.79 Å². The van der Waals surface area contributed by atoms with Crippen molar-refractivity contribution in [1.29, 1.82) is 0 Å². The van der Waals surface area contributed by atoms with Crippen LogP contribution in [0.3, 0.4) is 0 Å². The average Bonchev–Trinajstić information content (AvgIpc) is 2.89. The lowest BCUT2D eigenvalue weighted by Gasteiger charge is -2.10. The van der Waals surface area contributed by atoms with E-state index >= 15 is 0 Å². The van der Waals surface area contributed by atoms with E-state index in [0.717, 1.165) is 18.0 Å². The smallest absolute Gasteiger partial charge is 0.251 e. The zero-order valence-electron chi connectivity index (χ0n) is 9.69. The van der Waals surface area contributed by atoms with Crippen molar-refractivity contribution in [2.75, 3.05) is 18.1 Å². The standard InChI is InChI=1S/C12H17N3OS/c13-6-11-5-10(1-3-14-11)12(16)15-7-9-2-4-17-8-9/h1,3,5,9H,2,4,6-8,13H2,(H,15,16). The van der Waals surface area contributed by atoms with Gasteiger partial charge in [0.25, 0.3) is 5.91 Å². The number of carbonyl (C=O) groups is 1. The van der Waals surface area contributed by atoms with Crippen LogP contribution in [0.2, 0.25) is 0 Å². The van der Waals surface area contributed by atoms with E-state index < -0.39 is 0 Å². The highest BCUT2D eigenvalue weighted by Gasteiger charge is 2.16. The van der Waals surface area contributed by atoms with E-state index in [1.165, 1.54) is 12.2 Å². The summed E-state index contributed by atoms with van der Waals surface area (Å²) in [5.41, 5.74) is 6.88. The Morgan fingerprint density at radius 2 is 2.53 bits per heavy atom. The highest BCUT2D eigenvalue weighted by molar-refractivity contribution is 7.99. The Kier molecular flexibility index (Phi) is 4.39. The van der Waals surface area contributed by atoms with Gasteiger partial charge < -0.3 is 11.1 Å². The summed E-state index contributed by atoms with van der Waals surface area (Å²) >= 11 is 1.96. The number of hydrogen-bond acceptors (Lipinski definition) is 4. The molecule has 0 saturated carbocycles. The topological polar surface area (TPSA) is 68.0 Å². The van der Waals surface area contributed by atoms with Crippen LogP contribution in [0.15, 0.2) is 18.3 Å². The quantitative estimate of drug-likeness (QED) is 0.838. The second-order valence-corrected chi connectivity index (χ2v) is 5.33. The fourth-order valence-corrected chi connectivity index (χ4v) is 3.10. The molecule has 0 aromatic carbocycles. The van der Waals surface area contributed by atoms with Crippen LogP contribution in [0.25, 0.3) is 0 Å². The molecule has 17 heavy (non-hydrogen) atoms. The molecule has 0 radical (unpaired) electrons. The number of amides is 1. The number of aromatic nitrogens is 1. The molecule has 1 atom stereocenters. The fourth-order valence-electron chi connectivity index (χ4n) is 1.81. The Balaban J connectivity index is 1.89. The lowest BCUT2D eigenvalue weighted by atomic mass is 10.1. The Labute approximate surface area is 105 Å². The molecule has 1 aliphatic rings. The Bertz CT molecular complexity index is 391. The van der Waals surface area contributed by atoms with Crippen LogP contribution in [0.1, 0.15) is 22.5 Å². The van der Waals surface area contributed by atoms with Gasteiger partial charge in [-0.1, -0.05) is 0 Å². The van der Waals surface area contributed by atoms with E-state index in [2.05, 4.69) is 10.3 Å². The molecule has 4 nitrogen and oxygen atoms in total. The van der Waals surface area contributed by atoms with Gasteiger partial charge in [-0.25, -0.2) is 0 Å². The Morgan fingerprint density at radius 1 is 1.65 bits per heavy atom. The summed E-state index contributed by atoms with van der Waals surface area (Å²) in [6.45, 7) is 1.13. The summed E-state index contributed by atoms with van der Waals surface area (Å²) in [6, 6.07) is 3.47. The van der Waals surface area contributed by atoms with Crippen LogP contribution in [0, 0.1) is 5.92 Å². The normalized spacial score (nSPS) is 19.2. The Hall–Kier alpha value is -1.07. The van der Waals surface area contributed by atoms with Crippen molar-refractivity contribution in [3.8, 4) is 0 Å². The first-order chi connectivity index (χ1) is 8.29. The van der Waals surface area contributed by atoms with E-state index in [4.69, 9.17) is 5.73 Å². The molecule has 5 heteroatoms. The molecule has 1 unspecified atom stereocenters. The molecule has 1 saturated heterocycles. The van der Waals surface area contributed by atoms with Crippen LogP contribution in [0.4, 0.5) is 0 Å². The molecule has 0 bridgehead atoms. The maximum Gasteiger partial charge on any atom is 0.251 e. The second-order valence-electron chi connectivity index (χ2n) is 4.18. The maximum atomic E-state index is 11.9. The summed E-state index contributed by atoms with van der Waals surface area (Å²) < 4.78 is 0. The zero-order valence-corrected chi connectivity index (χ0v) is 10.5. The van der Waals surface area contributed by atoms with Crippen molar-refractivity contribution in [3.05, 3.63) is 29.6 Å². The first-order valence-electron chi connectivity index (χ1n) is 5.80. The third-order valence-corrected chi connectivity index (χ3v) is 4.09. The van der Waals surface area contributed by atoms with E-state index in [9.17, 15) is 4.79 Å². The predicted molar refractivity (Wildman–Crippen MR) is 69.9 cm³/mol. The van der Waals surface area contributed by atoms with Crippen molar-refractivity contribution in [2.45, 2.75) is 13.0 Å². The second kappa shape index (κ2) is 6.02. The van der Waals surface area contributed by atoms with Crippen molar-refractivity contribution in [3.63, 3.8) is 0 Å². The minimum atomic E-state index is -0.0287. The van der Waals surface area contributed by atoms with Crippen LogP contribution in [0.5, 0.6) is 0 Å². The largest absolute Gasteiger partial charge is 0.352 e. The molecule has 1 amide bonds. The minimum absolute atomic E-state index is 0.0287. The summed E-state index contributed by atoms with van der Waals surface area (Å²) in [6.07, 6.45) is 2.83. The molecule has 92 valence electrons. The highest BCUT2D eigenvalue weighted by atomic mass is 32.2. The maximum absolute atomic E-state index is 11.9. The minimum Gasteiger partial charge on any atom is -0.352 e. The SMILES string of the molecule is NCc1cc(C(=O)NCC2CCSC2)ccn1. The predicted octanol–water partition coefficient (Wildman–Crippen LogP) is 1.02.